The van der Waals surface area contributed by atoms with Gasteiger partial charge in [0.2, 0.25) is 0 Å². The molecule has 0 amide bonds. The minimum absolute atomic E-state index is 0.0271. The van der Waals surface area contributed by atoms with Gasteiger partial charge in [-0.25, -0.2) is 9.59 Å². The number of aliphatic carboxylic acids is 1. The molecule has 0 unspecified atom stereocenters. The number of hydrogen-bond acceptors (Lipinski definition) is 3. The van der Waals surface area contributed by atoms with Gasteiger partial charge < -0.3 is 9.84 Å². The highest BCUT2D eigenvalue weighted by molar-refractivity contribution is 5.96. The Morgan fingerprint density at radius 2 is 1.38 bits per heavy atom. The lowest BCUT2D eigenvalue weighted by atomic mass is 9.83. The van der Waals surface area contributed by atoms with Gasteiger partial charge in [-0.1, -0.05) is 32.1 Å². The Morgan fingerprint density at radius 3 is 1.95 bits per heavy atom. The van der Waals surface area contributed by atoms with Gasteiger partial charge in [-0.15, -0.1) is 0 Å². The minimum atomic E-state index is -1.05. The van der Waals surface area contributed by atoms with Crippen molar-refractivity contribution < 1.29 is 19.4 Å². The molecule has 0 aromatic rings. The van der Waals surface area contributed by atoms with E-state index in [0.717, 1.165) is 57.4 Å². The summed E-state index contributed by atoms with van der Waals surface area (Å²) in [6.45, 7) is 0. The molecule has 2 fully saturated rings. The Hall–Kier alpha value is -1.32. The van der Waals surface area contributed by atoms with E-state index in [-0.39, 0.29) is 12.0 Å². The summed E-state index contributed by atoms with van der Waals surface area (Å²) in [4.78, 5) is 23.4. The molecule has 2 rings (SSSR count). The van der Waals surface area contributed by atoms with E-state index in [0.29, 0.717) is 5.57 Å². The topological polar surface area (TPSA) is 63.6 Å². The molecule has 1 N–H and O–H groups in total. The van der Waals surface area contributed by atoms with Crippen LogP contribution in [0.25, 0.3) is 0 Å². The van der Waals surface area contributed by atoms with Gasteiger partial charge in [0.15, 0.2) is 0 Å². The smallest absolute Gasteiger partial charge is 0.334 e. The van der Waals surface area contributed by atoms with Crippen LogP contribution in [0.2, 0.25) is 0 Å². The van der Waals surface area contributed by atoms with Crippen molar-refractivity contribution in [3.05, 3.63) is 11.6 Å². The van der Waals surface area contributed by atoms with Crippen molar-refractivity contribution in [3.8, 4) is 0 Å². The van der Waals surface area contributed by atoms with E-state index in [1.54, 1.807) is 0 Å². The van der Waals surface area contributed by atoms with Crippen LogP contribution in [0.5, 0.6) is 0 Å². The van der Waals surface area contributed by atoms with Crippen molar-refractivity contribution in [2.45, 2.75) is 76.7 Å². The highest BCUT2D eigenvalue weighted by Crippen LogP contribution is 2.31. The molecule has 118 valence electrons. The molecule has 2 aliphatic rings. The van der Waals surface area contributed by atoms with E-state index in [4.69, 9.17) is 9.84 Å². The first kappa shape index (κ1) is 16.1. The Morgan fingerprint density at radius 1 is 0.857 bits per heavy atom. The van der Waals surface area contributed by atoms with Crippen molar-refractivity contribution in [2.75, 3.05) is 0 Å². The van der Waals surface area contributed by atoms with E-state index in [9.17, 15) is 9.59 Å². The minimum Gasteiger partial charge on any atom is -0.478 e. The number of ether oxygens (including phenoxy) is 1. The second-order valence-corrected chi connectivity index (χ2v) is 6.29. The van der Waals surface area contributed by atoms with Crippen LogP contribution in [-0.4, -0.2) is 23.1 Å². The molecular weight excluding hydrogens is 268 g/mol. The first-order chi connectivity index (χ1) is 10.2. The lowest BCUT2D eigenvalue weighted by molar-refractivity contribution is -0.146. The normalized spacial score (nSPS) is 22.6. The number of carboxylic acids is 1. The average molecular weight is 294 g/mol. The molecule has 2 aliphatic carbocycles. The third kappa shape index (κ3) is 5.18. The quantitative estimate of drug-likeness (QED) is 0.486. The predicted molar refractivity (Wildman–Crippen MR) is 79.9 cm³/mol. The molecule has 0 heterocycles. The fourth-order valence-electron chi connectivity index (χ4n) is 3.47. The molecule has 0 spiro atoms. The van der Waals surface area contributed by atoms with Gasteiger partial charge in [-0.05, 0) is 44.4 Å². The van der Waals surface area contributed by atoms with E-state index in [1.807, 2.05) is 0 Å². The molecule has 21 heavy (non-hydrogen) atoms. The number of carbonyl (C=O) groups is 2. The lowest BCUT2D eigenvalue weighted by Crippen LogP contribution is -2.24. The average Bonchev–Trinajstić information content (AvgIpc) is 2.74. The zero-order valence-corrected chi connectivity index (χ0v) is 12.7. The molecule has 4 nitrogen and oxygen atoms in total. The number of carboxylic acid groups (broad SMARTS) is 1. The zero-order valence-electron chi connectivity index (χ0n) is 12.7. The second kappa shape index (κ2) is 8.20. The van der Waals surface area contributed by atoms with Crippen molar-refractivity contribution in [1.29, 1.82) is 0 Å². The third-order valence-corrected chi connectivity index (χ3v) is 4.64. The molecular formula is C17H26O4. The first-order valence-corrected chi connectivity index (χ1v) is 8.32. The van der Waals surface area contributed by atoms with Crippen LogP contribution in [0.1, 0.15) is 70.6 Å². The number of carbonyl (C=O) groups excluding carboxylic acids is 1. The second-order valence-electron chi connectivity index (χ2n) is 6.29. The Kier molecular flexibility index (Phi) is 6.27. The maximum absolute atomic E-state index is 12.4. The molecule has 0 radical (unpaired) electrons. The van der Waals surface area contributed by atoms with Gasteiger partial charge in [-0.2, -0.15) is 0 Å². The Labute approximate surface area is 126 Å². The van der Waals surface area contributed by atoms with E-state index < -0.39 is 11.9 Å². The van der Waals surface area contributed by atoms with Crippen LogP contribution in [0.4, 0.5) is 0 Å². The molecule has 2 saturated carbocycles. The first-order valence-electron chi connectivity index (χ1n) is 8.32. The Bertz CT molecular complexity index is 386. The monoisotopic (exact) mass is 294 g/mol. The molecule has 0 saturated heterocycles. The van der Waals surface area contributed by atoms with E-state index in [2.05, 4.69) is 0 Å². The number of rotatable bonds is 4. The summed E-state index contributed by atoms with van der Waals surface area (Å²) in [5.41, 5.74) is 0.381. The van der Waals surface area contributed by atoms with E-state index >= 15 is 0 Å². The van der Waals surface area contributed by atoms with Gasteiger partial charge in [0.25, 0.3) is 0 Å². The predicted octanol–water partition coefficient (Wildman–Crippen LogP) is 3.84. The highest BCUT2D eigenvalue weighted by Gasteiger charge is 2.27. The highest BCUT2D eigenvalue weighted by atomic mass is 16.5. The van der Waals surface area contributed by atoms with Crippen LogP contribution in [0, 0.1) is 5.92 Å². The molecule has 0 atom stereocenters. The van der Waals surface area contributed by atoms with Crippen LogP contribution in [0.3, 0.4) is 0 Å². The van der Waals surface area contributed by atoms with Crippen molar-refractivity contribution >= 4 is 11.9 Å². The fourth-order valence-corrected chi connectivity index (χ4v) is 3.47. The SMILES string of the molecule is O=C(O)/C=C(/C(=O)OC1CCCCCC1)C1CCCCC1. The third-order valence-electron chi connectivity index (χ3n) is 4.64. The maximum atomic E-state index is 12.4. The van der Waals surface area contributed by atoms with Gasteiger partial charge in [0.05, 0.1) is 0 Å². The van der Waals surface area contributed by atoms with Crippen molar-refractivity contribution in [1.82, 2.24) is 0 Å². The maximum Gasteiger partial charge on any atom is 0.334 e. The van der Waals surface area contributed by atoms with Gasteiger partial charge in [0, 0.05) is 11.6 Å². The molecule has 0 aromatic carbocycles. The van der Waals surface area contributed by atoms with Gasteiger partial charge in [-0.3, -0.25) is 0 Å². The molecule has 4 heteroatoms. The molecule has 0 aliphatic heterocycles. The standard InChI is InChI=1S/C17H26O4/c18-16(19)12-15(13-8-4-3-5-9-13)17(20)21-14-10-6-1-2-7-11-14/h12-14H,1-11H2,(H,18,19)/b15-12+. The lowest BCUT2D eigenvalue weighted by Gasteiger charge is -2.24. The summed E-state index contributed by atoms with van der Waals surface area (Å²) < 4.78 is 5.62. The summed E-state index contributed by atoms with van der Waals surface area (Å²) >= 11 is 0. The summed E-state index contributed by atoms with van der Waals surface area (Å²) in [6.07, 6.45) is 12.6. The van der Waals surface area contributed by atoms with Crippen LogP contribution < -0.4 is 0 Å². The van der Waals surface area contributed by atoms with E-state index in [1.165, 1.54) is 19.3 Å². The Balaban J connectivity index is 2.01. The van der Waals surface area contributed by atoms with Crippen LogP contribution in [0.15, 0.2) is 11.6 Å². The van der Waals surface area contributed by atoms with Crippen molar-refractivity contribution in [2.24, 2.45) is 5.92 Å². The fraction of sp³-hybridized carbons (Fsp3) is 0.765. The van der Waals surface area contributed by atoms with Crippen LogP contribution in [-0.2, 0) is 14.3 Å². The summed E-state index contributed by atoms with van der Waals surface area (Å²) in [5.74, 6) is -1.38. The number of hydrogen-bond donors (Lipinski definition) is 1. The van der Waals surface area contributed by atoms with Gasteiger partial charge in [0.1, 0.15) is 6.10 Å². The summed E-state index contributed by atoms with van der Waals surface area (Å²) in [6, 6.07) is 0. The summed E-state index contributed by atoms with van der Waals surface area (Å²) in [7, 11) is 0. The van der Waals surface area contributed by atoms with Crippen molar-refractivity contribution in [3.63, 3.8) is 0 Å². The van der Waals surface area contributed by atoms with Crippen LogP contribution >= 0.6 is 0 Å². The zero-order chi connectivity index (χ0) is 15.1. The molecule has 0 bridgehead atoms. The largest absolute Gasteiger partial charge is 0.478 e. The summed E-state index contributed by atoms with van der Waals surface area (Å²) in [5, 5.41) is 9.03. The molecule has 0 aromatic heterocycles. The number of esters is 1. The van der Waals surface area contributed by atoms with Gasteiger partial charge >= 0.3 is 11.9 Å².